The molecule has 54 heavy (non-hydrogen) atoms. The average molecular weight is 728 g/mol. The molecule has 0 bridgehead atoms. The Bertz CT molecular complexity index is 1880. The number of hydrogen-bond donors (Lipinski definition) is 0. The van der Waals surface area contributed by atoms with E-state index in [2.05, 4.69) is 34.1 Å². The standard InChI is InChI=1S/C44H49N5O5/c1-34(50)46-27-29-47(30-28-46)40-20-15-38(16-21-40)33-49(42(51)22-17-35-13-18-39(19-14-35)44(53)54-2)41(31-36-9-5-3-6-10-36)43(52)48-25-23-45(24-26-48)32-37-11-7-4-8-12-37/h3-22,41H,23-33H2,1-2H3. The van der Waals surface area contributed by atoms with Crippen molar-refractivity contribution in [2.45, 2.75) is 32.5 Å². The monoisotopic (exact) mass is 727 g/mol. The number of amides is 3. The number of esters is 1. The molecule has 0 N–H and O–H groups in total. The second-order valence-electron chi connectivity index (χ2n) is 13.9. The summed E-state index contributed by atoms with van der Waals surface area (Å²) in [6.45, 7) is 8.18. The highest BCUT2D eigenvalue weighted by Crippen LogP contribution is 2.22. The van der Waals surface area contributed by atoms with Gasteiger partial charge in [-0.15, -0.1) is 0 Å². The van der Waals surface area contributed by atoms with E-state index in [9.17, 15) is 19.2 Å². The van der Waals surface area contributed by atoms with Gasteiger partial charge in [-0.1, -0.05) is 84.9 Å². The van der Waals surface area contributed by atoms with Crippen molar-refractivity contribution in [1.82, 2.24) is 19.6 Å². The maximum Gasteiger partial charge on any atom is 0.337 e. The van der Waals surface area contributed by atoms with Crippen molar-refractivity contribution in [3.8, 4) is 0 Å². The summed E-state index contributed by atoms with van der Waals surface area (Å²) in [5.41, 5.74) is 5.34. The lowest BCUT2D eigenvalue weighted by atomic mass is 10.0. The van der Waals surface area contributed by atoms with Crippen molar-refractivity contribution in [3.63, 3.8) is 0 Å². The lowest BCUT2D eigenvalue weighted by molar-refractivity contribution is -0.145. The lowest BCUT2D eigenvalue weighted by Crippen LogP contribution is -2.56. The Morgan fingerprint density at radius 1 is 0.685 bits per heavy atom. The van der Waals surface area contributed by atoms with E-state index in [0.29, 0.717) is 38.2 Å². The zero-order chi connectivity index (χ0) is 37.9. The summed E-state index contributed by atoms with van der Waals surface area (Å²) in [5.74, 6) is -0.688. The van der Waals surface area contributed by atoms with E-state index in [1.165, 1.54) is 18.7 Å². The van der Waals surface area contributed by atoms with E-state index < -0.39 is 12.0 Å². The quantitative estimate of drug-likeness (QED) is 0.148. The van der Waals surface area contributed by atoms with E-state index in [4.69, 9.17) is 4.74 Å². The molecule has 280 valence electrons. The predicted octanol–water partition coefficient (Wildman–Crippen LogP) is 5.14. The molecule has 0 saturated carbocycles. The molecule has 4 aromatic carbocycles. The molecule has 2 aliphatic rings. The van der Waals surface area contributed by atoms with Crippen LogP contribution in [0.5, 0.6) is 0 Å². The first-order valence-corrected chi connectivity index (χ1v) is 18.6. The third-order valence-electron chi connectivity index (χ3n) is 10.3. The largest absolute Gasteiger partial charge is 0.465 e. The van der Waals surface area contributed by atoms with Gasteiger partial charge in [0.05, 0.1) is 12.7 Å². The highest BCUT2D eigenvalue weighted by atomic mass is 16.5. The van der Waals surface area contributed by atoms with Gasteiger partial charge in [-0.2, -0.15) is 0 Å². The molecular formula is C44H49N5O5. The van der Waals surface area contributed by atoms with Crippen molar-refractivity contribution in [1.29, 1.82) is 0 Å². The highest BCUT2D eigenvalue weighted by molar-refractivity contribution is 5.96. The number of rotatable bonds is 12. The summed E-state index contributed by atoms with van der Waals surface area (Å²) in [4.78, 5) is 62.9. The molecule has 10 heteroatoms. The molecule has 6 rings (SSSR count). The zero-order valence-corrected chi connectivity index (χ0v) is 31.2. The van der Waals surface area contributed by atoms with Crippen molar-refractivity contribution >= 4 is 35.5 Å². The summed E-state index contributed by atoms with van der Waals surface area (Å²) in [6.07, 6.45) is 3.60. The van der Waals surface area contributed by atoms with Crippen LogP contribution in [-0.4, -0.2) is 109 Å². The van der Waals surface area contributed by atoms with Gasteiger partial charge in [-0.05, 0) is 52.6 Å². The van der Waals surface area contributed by atoms with E-state index in [0.717, 1.165) is 55.1 Å². The first-order chi connectivity index (χ1) is 26.3. The van der Waals surface area contributed by atoms with Crippen LogP contribution in [0, 0.1) is 0 Å². The first-order valence-electron chi connectivity index (χ1n) is 18.6. The Hall–Kier alpha value is -5.74. The van der Waals surface area contributed by atoms with Gasteiger partial charge in [0.15, 0.2) is 0 Å². The number of benzene rings is 4. The second-order valence-corrected chi connectivity index (χ2v) is 13.9. The number of carbonyl (C=O) groups is 4. The topological polar surface area (TPSA) is 93.7 Å². The Morgan fingerprint density at radius 3 is 1.87 bits per heavy atom. The Labute approximate surface area is 318 Å². The van der Waals surface area contributed by atoms with Gasteiger partial charge in [0.25, 0.3) is 0 Å². The van der Waals surface area contributed by atoms with Crippen molar-refractivity contribution < 1.29 is 23.9 Å². The number of hydrogen-bond acceptors (Lipinski definition) is 7. The predicted molar refractivity (Wildman–Crippen MR) is 211 cm³/mol. The molecule has 0 radical (unpaired) electrons. The third-order valence-corrected chi connectivity index (χ3v) is 10.3. The van der Waals surface area contributed by atoms with Crippen LogP contribution >= 0.6 is 0 Å². The normalized spacial score (nSPS) is 15.6. The molecule has 3 amide bonds. The van der Waals surface area contributed by atoms with Crippen LogP contribution in [0.2, 0.25) is 0 Å². The number of ether oxygens (including phenoxy) is 1. The van der Waals surface area contributed by atoms with Crippen LogP contribution in [0.15, 0.2) is 115 Å². The highest BCUT2D eigenvalue weighted by Gasteiger charge is 2.34. The fourth-order valence-corrected chi connectivity index (χ4v) is 7.09. The van der Waals surface area contributed by atoms with Gasteiger partial charge in [-0.3, -0.25) is 19.3 Å². The molecule has 1 unspecified atom stereocenters. The molecule has 2 fully saturated rings. The molecular weight excluding hydrogens is 679 g/mol. The Morgan fingerprint density at radius 2 is 1.28 bits per heavy atom. The van der Waals surface area contributed by atoms with Gasteiger partial charge < -0.3 is 24.3 Å². The minimum Gasteiger partial charge on any atom is -0.465 e. The summed E-state index contributed by atoms with van der Waals surface area (Å²) < 4.78 is 4.82. The van der Waals surface area contributed by atoms with Gasteiger partial charge >= 0.3 is 5.97 Å². The second kappa shape index (κ2) is 18.3. The fourth-order valence-electron chi connectivity index (χ4n) is 7.09. The van der Waals surface area contributed by atoms with E-state index >= 15 is 0 Å². The van der Waals surface area contributed by atoms with Gasteiger partial charge in [0.1, 0.15) is 6.04 Å². The lowest BCUT2D eigenvalue weighted by Gasteiger charge is -2.39. The first kappa shape index (κ1) is 38.0. The van der Waals surface area contributed by atoms with Crippen LogP contribution in [0.1, 0.15) is 39.5 Å². The molecule has 2 saturated heterocycles. The average Bonchev–Trinajstić information content (AvgIpc) is 3.22. The molecule has 4 aromatic rings. The molecule has 0 spiro atoms. The van der Waals surface area contributed by atoms with Gasteiger partial charge in [0.2, 0.25) is 17.7 Å². The minimum atomic E-state index is -0.744. The van der Waals surface area contributed by atoms with Gasteiger partial charge in [-0.25, -0.2) is 4.79 Å². The SMILES string of the molecule is COC(=O)c1ccc(C=CC(=O)N(Cc2ccc(N3CCN(C(C)=O)CC3)cc2)C(Cc2ccccc2)C(=O)N2CCN(Cc3ccccc3)CC2)cc1. The number of methoxy groups -OCH3 is 1. The summed E-state index contributed by atoms with van der Waals surface area (Å²) in [7, 11) is 1.34. The number of anilines is 1. The smallest absolute Gasteiger partial charge is 0.337 e. The van der Waals surface area contributed by atoms with Crippen LogP contribution < -0.4 is 4.90 Å². The summed E-state index contributed by atoms with van der Waals surface area (Å²) >= 11 is 0. The third kappa shape index (κ3) is 10.0. The maximum absolute atomic E-state index is 14.7. The summed E-state index contributed by atoms with van der Waals surface area (Å²) in [6, 6.07) is 34.5. The van der Waals surface area contributed by atoms with Crippen LogP contribution in [0.25, 0.3) is 6.08 Å². The van der Waals surface area contributed by atoms with Crippen LogP contribution in [0.4, 0.5) is 5.69 Å². The molecule has 2 heterocycles. The number of carbonyl (C=O) groups excluding carboxylic acids is 4. The van der Waals surface area contributed by atoms with Crippen molar-refractivity contribution in [2.75, 3.05) is 64.4 Å². The van der Waals surface area contributed by atoms with Crippen LogP contribution in [0.3, 0.4) is 0 Å². The number of nitrogens with zero attached hydrogens (tertiary/aromatic N) is 5. The Balaban J connectivity index is 1.25. The minimum absolute atomic E-state index is 0.0673. The molecule has 1 atom stereocenters. The Kier molecular flexibility index (Phi) is 12.9. The maximum atomic E-state index is 14.7. The van der Waals surface area contributed by atoms with E-state index in [-0.39, 0.29) is 24.3 Å². The van der Waals surface area contributed by atoms with Crippen molar-refractivity contribution in [3.05, 3.63) is 143 Å². The molecule has 2 aliphatic heterocycles. The van der Waals surface area contributed by atoms with Gasteiger partial charge in [0, 0.05) is 90.6 Å². The van der Waals surface area contributed by atoms with E-state index in [1.54, 1.807) is 42.2 Å². The zero-order valence-electron chi connectivity index (χ0n) is 31.2. The summed E-state index contributed by atoms with van der Waals surface area (Å²) in [5, 5.41) is 0. The van der Waals surface area contributed by atoms with Crippen LogP contribution in [-0.2, 0) is 38.6 Å². The fraction of sp³-hybridized carbons (Fsp3) is 0.318. The molecule has 0 aromatic heterocycles. The van der Waals surface area contributed by atoms with Crippen molar-refractivity contribution in [2.24, 2.45) is 0 Å². The molecule has 0 aliphatic carbocycles. The number of piperazine rings is 2. The van der Waals surface area contributed by atoms with E-state index in [1.807, 2.05) is 70.5 Å². The molecule has 10 nitrogen and oxygen atoms in total.